The minimum Gasteiger partial charge on any atom is -0.481 e. The third-order valence-corrected chi connectivity index (χ3v) is 2.71. The molecule has 0 aliphatic carbocycles. The summed E-state index contributed by atoms with van der Waals surface area (Å²) >= 11 is 0. The molecule has 0 aliphatic heterocycles. The van der Waals surface area contributed by atoms with Gasteiger partial charge in [-0.05, 0) is 42.7 Å². The van der Waals surface area contributed by atoms with E-state index in [0.29, 0.717) is 17.5 Å². The molecule has 0 saturated carbocycles. The van der Waals surface area contributed by atoms with Gasteiger partial charge in [0.15, 0.2) is 0 Å². The summed E-state index contributed by atoms with van der Waals surface area (Å²) in [5, 5.41) is 9.40. The van der Waals surface area contributed by atoms with E-state index in [1.165, 1.54) is 12.1 Å². The number of nitrogens with zero attached hydrogens (tertiary/aromatic N) is 1. The highest BCUT2D eigenvalue weighted by Crippen LogP contribution is 2.22. The average molecular weight is 233 g/mol. The van der Waals surface area contributed by atoms with Crippen LogP contribution in [0.4, 0.5) is 4.39 Å². The Morgan fingerprint density at radius 1 is 1.47 bits per heavy atom. The van der Waals surface area contributed by atoms with Gasteiger partial charge < -0.3 is 5.11 Å². The molecule has 2 rings (SSSR count). The fourth-order valence-corrected chi connectivity index (χ4v) is 1.85. The Hall–Kier alpha value is -1.97. The number of fused-ring (bicyclic) bond motifs is 1. The summed E-state index contributed by atoms with van der Waals surface area (Å²) < 4.78 is 13.4. The fraction of sp³-hybridized carbons (Fsp3) is 0.231. The third kappa shape index (κ3) is 2.41. The van der Waals surface area contributed by atoms with Crippen LogP contribution in [0.2, 0.25) is 0 Å². The summed E-state index contributed by atoms with van der Waals surface area (Å²) in [5.41, 5.74) is 2.27. The van der Waals surface area contributed by atoms with Crippen molar-refractivity contribution in [3.05, 3.63) is 41.3 Å². The summed E-state index contributed by atoms with van der Waals surface area (Å²) in [7, 11) is 0. The number of halogens is 1. The SMILES string of the molecule is Cc1ccnc2c(CCC(=O)O)cc(F)cc12. The molecule has 0 spiro atoms. The zero-order valence-electron chi connectivity index (χ0n) is 9.40. The first-order chi connectivity index (χ1) is 8.08. The Kier molecular flexibility index (Phi) is 3.04. The van der Waals surface area contributed by atoms with Crippen LogP contribution in [0.25, 0.3) is 10.9 Å². The molecule has 2 aromatic rings. The number of aromatic nitrogens is 1. The maximum atomic E-state index is 13.4. The molecule has 0 amide bonds. The number of hydrogen-bond donors (Lipinski definition) is 1. The molecule has 0 fully saturated rings. The molecule has 0 radical (unpaired) electrons. The first-order valence-corrected chi connectivity index (χ1v) is 5.33. The Morgan fingerprint density at radius 2 is 2.24 bits per heavy atom. The Bertz CT molecular complexity index is 581. The van der Waals surface area contributed by atoms with Crippen molar-refractivity contribution in [3.63, 3.8) is 0 Å². The molecule has 1 aromatic heterocycles. The lowest BCUT2D eigenvalue weighted by Gasteiger charge is -2.07. The molecule has 1 heterocycles. The highest BCUT2D eigenvalue weighted by atomic mass is 19.1. The Morgan fingerprint density at radius 3 is 2.94 bits per heavy atom. The van der Waals surface area contributed by atoms with Crippen LogP contribution in [-0.2, 0) is 11.2 Å². The van der Waals surface area contributed by atoms with E-state index in [1.54, 1.807) is 6.20 Å². The number of carbonyl (C=O) groups is 1. The van der Waals surface area contributed by atoms with Crippen molar-refractivity contribution in [2.24, 2.45) is 0 Å². The van der Waals surface area contributed by atoms with Crippen LogP contribution in [0.5, 0.6) is 0 Å². The van der Waals surface area contributed by atoms with Gasteiger partial charge in [0.2, 0.25) is 0 Å². The lowest BCUT2D eigenvalue weighted by molar-refractivity contribution is -0.136. The summed E-state index contributed by atoms with van der Waals surface area (Å²) in [6.45, 7) is 1.88. The standard InChI is InChI=1S/C13H12FNO2/c1-8-4-5-15-13-9(2-3-12(16)17)6-10(14)7-11(8)13/h4-7H,2-3H2,1H3,(H,16,17). The second-order valence-electron chi connectivity index (χ2n) is 3.98. The molecule has 4 heteroatoms. The number of benzene rings is 1. The van der Waals surface area contributed by atoms with Gasteiger partial charge in [-0.3, -0.25) is 9.78 Å². The van der Waals surface area contributed by atoms with Crippen molar-refractivity contribution in [2.75, 3.05) is 0 Å². The first-order valence-electron chi connectivity index (χ1n) is 5.33. The molecule has 0 atom stereocenters. The number of carboxylic acid groups (broad SMARTS) is 1. The number of pyridine rings is 1. The number of carboxylic acids is 1. The minimum absolute atomic E-state index is 0.0197. The fourth-order valence-electron chi connectivity index (χ4n) is 1.85. The molecular weight excluding hydrogens is 221 g/mol. The Balaban J connectivity index is 2.54. The summed E-state index contributed by atoms with van der Waals surface area (Å²) in [4.78, 5) is 14.7. The summed E-state index contributed by atoms with van der Waals surface area (Å²) in [6, 6.07) is 4.60. The number of aryl methyl sites for hydroxylation is 2. The van der Waals surface area contributed by atoms with Gasteiger partial charge in [0, 0.05) is 18.0 Å². The lowest BCUT2D eigenvalue weighted by Crippen LogP contribution is -2.00. The van der Waals surface area contributed by atoms with Crippen molar-refractivity contribution >= 4 is 16.9 Å². The van der Waals surface area contributed by atoms with Gasteiger partial charge in [0.1, 0.15) is 5.82 Å². The van der Waals surface area contributed by atoms with E-state index in [9.17, 15) is 9.18 Å². The van der Waals surface area contributed by atoms with E-state index in [4.69, 9.17) is 5.11 Å². The van der Waals surface area contributed by atoms with Crippen LogP contribution in [-0.4, -0.2) is 16.1 Å². The molecule has 1 aromatic carbocycles. The van der Waals surface area contributed by atoms with E-state index < -0.39 is 5.97 Å². The van der Waals surface area contributed by atoms with Gasteiger partial charge in [0.05, 0.1) is 5.52 Å². The summed E-state index contributed by atoms with van der Waals surface area (Å²) in [5.74, 6) is -1.25. The van der Waals surface area contributed by atoms with Crippen LogP contribution in [0.3, 0.4) is 0 Å². The first kappa shape index (κ1) is 11.5. The third-order valence-electron chi connectivity index (χ3n) is 2.71. The number of hydrogen-bond acceptors (Lipinski definition) is 2. The lowest BCUT2D eigenvalue weighted by atomic mass is 10.0. The van der Waals surface area contributed by atoms with E-state index in [-0.39, 0.29) is 12.2 Å². The molecule has 1 N–H and O–H groups in total. The van der Waals surface area contributed by atoms with Gasteiger partial charge in [-0.2, -0.15) is 0 Å². The van der Waals surface area contributed by atoms with Crippen LogP contribution < -0.4 is 0 Å². The number of aliphatic carboxylic acids is 1. The molecule has 88 valence electrons. The van der Waals surface area contributed by atoms with Gasteiger partial charge >= 0.3 is 5.97 Å². The van der Waals surface area contributed by atoms with Crippen LogP contribution in [0.15, 0.2) is 24.4 Å². The maximum absolute atomic E-state index is 13.4. The monoisotopic (exact) mass is 233 g/mol. The van der Waals surface area contributed by atoms with Crippen molar-refractivity contribution in [1.29, 1.82) is 0 Å². The second kappa shape index (κ2) is 4.49. The van der Waals surface area contributed by atoms with Gasteiger partial charge in [-0.1, -0.05) is 0 Å². The minimum atomic E-state index is -0.893. The van der Waals surface area contributed by atoms with Gasteiger partial charge in [0.25, 0.3) is 0 Å². The molecule has 0 saturated heterocycles. The topological polar surface area (TPSA) is 50.2 Å². The predicted octanol–water partition coefficient (Wildman–Crippen LogP) is 2.70. The highest BCUT2D eigenvalue weighted by Gasteiger charge is 2.08. The van der Waals surface area contributed by atoms with Gasteiger partial charge in [-0.15, -0.1) is 0 Å². The predicted molar refractivity (Wildman–Crippen MR) is 62.4 cm³/mol. The average Bonchev–Trinajstić information content (AvgIpc) is 2.27. The highest BCUT2D eigenvalue weighted by molar-refractivity contribution is 5.85. The zero-order valence-corrected chi connectivity index (χ0v) is 9.40. The van der Waals surface area contributed by atoms with E-state index >= 15 is 0 Å². The van der Waals surface area contributed by atoms with E-state index in [2.05, 4.69) is 4.98 Å². The smallest absolute Gasteiger partial charge is 0.303 e. The second-order valence-corrected chi connectivity index (χ2v) is 3.98. The molecule has 3 nitrogen and oxygen atoms in total. The zero-order chi connectivity index (χ0) is 12.4. The van der Waals surface area contributed by atoms with Crippen molar-refractivity contribution < 1.29 is 14.3 Å². The van der Waals surface area contributed by atoms with Crippen molar-refractivity contribution in [3.8, 4) is 0 Å². The number of rotatable bonds is 3. The van der Waals surface area contributed by atoms with Crippen molar-refractivity contribution in [2.45, 2.75) is 19.8 Å². The maximum Gasteiger partial charge on any atom is 0.303 e. The van der Waals surface area contributed by atoms with E-state index in [1.807, 2.05) is 13.0 Å². The molecule has 0 bridgehead atoms. The van der Waals surface area contributed by atoms with Gasteiger partial charge in [-0.25, -0.2) is 4.39 Å². The quantitative estimate of drug-likeness (QED) is 0.886. The molecule has 17 heavy (non-hydrogen) atoms. The van der Waals surface area contributed by atoms with Crippen LogP contribution >= 0.6 is 0 Å². The van der Waals surface area contributed by atoms with Crippen LogP contribution in [0, 0.1) is 12.7 Å². The normalized spacial score (nSPS) is 10.7. The Labute approximate surface area is 97.9 Å². The largest absolute Gasteiger partial charge is 0.481 e. The molecular formula is C13H12FNO2. The van der Waals surface area contributed by atoms with Crippen LogP contribution in [0.1, 0.15) is 17.5 Å². The summed E-state index contributed by atoms with van der Waals surface area (Å²) in [6.07, 6.45) is 1.92. The van der Waals surface area contributed by atoms with Crippen molar-refractivity contribution in [1.82, 2.24) is 4.98 Å². The molecule has 0 aliphatic rings. The molecule has 0 unspecified atom stereocenters. The van der Waals surface area contributed by atoms with E-state index in [0.717, 1.165) is 10.9 Å².